The summed E-state index contributed by atoms with van der Waals surface area (Å²) in [6.45, 7) is 2.88. The maximum atomic E-state index is 13.3. The molecule has 6 nitrogen and oxygen atoms in total. The topological polar surface area (TPSA) is 63.9 Å². The van der Waals surface area contributed by atoms with Gasteiger partial charge in [-0.1, -0.05) is 55.1 Å². The quantitative estimate of drug-likeness (QED) is 0.360. The Kier molecular flexibility index (Phi) is 6.74. The van der Waals surface area contributed by atoms with Gasteiger partial charge in [0.1, 0.15) is 0 Å². The van der Waals surface area contributed by atoms with Crippen molar-refractivity contribution in [2.45, 2.75) is 25.0 Å². The van der Waals surface area contributed by atoms with Crippen LogP contribution in [0, 0.1) is 0 Å². The van der Waals surface area contributed by atoms with Crippen molar-refractivity contribution in [1.29, 1.82) is 0 Å². The van der Waals surface area contributed by atoms with Crippen LogP contribution in [0.4, 0.5) is 11.4 Å². The van der Waals surface area contributed by atoms with E-state index in [-0.39, 0.29) is 11.7 Å². The molecule has 0 unspecified atom stereocenters. The maximum Gasteiger partial charge on any atom is 0.242 e. The van der Waals surface area contributed by atoms with Crippen LogP contribution in [-0.4, -0.2) is 31.4 Å². The van der Waals surface area contributed by atoms with E-state index < -0.39 is 0 Å². The molecule has 0 radical (unpaired) electrons. The van der Waals surface area contributed by atoms with Gasteiger partial charge in [-0.2, -0.15) is 0 Å². The predicted molar refractivity (Wildman–Crippen MR) is 124 cm³/mol. The van der Waals surface area contributed by atoms with Gasteiger partial charge in [0, 0.05) is 35.9 Å². The van der Waals surface area contributed by atoms with Crippen LogP contribution in [0.25, 0.3) is 11.4 Å². The zero-order valence-corrected chi connectivity index (χ0v) is 18.1. The van der Waals surface area contributed by atoms with Gasteiger partial charge < -0.3 is 4.57 Å². The second-order valence-electron chi connectivity index (χ2n) is 6.89. The van der Waals surface area contributed by atoms with Crippen LogP contribution in [-0.2, 0) is 11.3 Å². The van der Waals surface area contributed by atoms with Gasteiger partial charge in [-0.3, -0.25) is 14.7 Å². The molecule has 2 heterocycles. The van der Waals surface area contributed by atoms with Crippen LogP contribution in [0.3, 0.4) is 0 Å². The highest BCUT2D eigenvalue weighted by atomic mass is 32.2. The number of benzene rings is 2. The first-order valence-corrected chi connectivity index (χ1v) is 11.2. The minimum absolute atomic E-state index is 0.0172. The van der Waals surface area contributed by atoms with Crippen molar-refractivity contribution < 1.29 is 4.79 Å². The monoisotopic (exact) mass is 429 g/mol. The molecule has 7 heteroatoms. The normalized spacial score (nSPS) is 10.7. The number of hydrogen-bond acceptors (Lipinski definition) is 5. The fraction of sp³-hybridized carbons (Fsp3) is 0.167. The van der Waals surface area contributed by atoms with E-state index in [1.165, 1.54) is 11.8 Å². The van der Waals surface area contributed by atoms with Crippen molar-refractivity contribution in [3.63, 3.8) is 0 Å². The number of aromatic nitrogens is 4. The zero-order chi connectivity index (χ0) is 21.5. The summed E-state index contributed by atoms with van der Waals surface area (Å²) in [6, 6.07) is 23.2. The summed E-state index contributed by atoms with van der Waals surface area (Å²) in [5.41, 5.74) is 2.59. The van der Waals surface area contributed by atoms with E-state index in [9.17, 15) is 4.79 Å². The lowest BCUT2D eigenvalue weighted by atomic mass is 10.2. The first-order chi connectivity index (χ1) is 15.3. The molecular weight excluding hydrogens is 406 g/mol. The number of pyridine rings is 1. The smallest absolute Gasteiger partial charge is 0.242 e. The van der Waals surface area contributed by atoms with Crippen molar-refractivity contribution in [2.75, 3.05) is 10.7 Å². The van der Waals surface area contributed by atoms with Crippen molar-refractivity contribution in [3.05, 3.63) is 85.2 Å². The maximum absolute atomic E-state index is 13.3. The first-order valence-electron chi connectivity index (χ1n) is 10.2. The minimum Gasteiger partial charge on any atom is -0.302 e. The van der Waals surface area contributed by atoms with Crippen molar-refractivity contribution >= 4 is 29.0 Å². The van der Waals surface area contributed by atoms with E-state index in [0.717, 1.165) is 40.9 Å². The molecule has 4 rings (SSSR count). The SMILES string of the molecule is CCCn1c(SCC(=O)N(c2ccccc2)c2ccccc2)nnc1-c1cccnc1. The van der Waals surface area contributed by atoms with E-state index in [4.69, 9.17) is 0 Å². The van der Waals surface area contributed by atoms with Gasteiger partial charge in [0.15, 0.2) is 11.0 Å². The van der Waals surface area contributed by atoms with Gasteiger partial charge in [0.25, 0.3) is 0 Å². The fourth-order valence-electron chi connectivity index (χ4n) is 3.31. The van der Waals surface area contributed by atoms with Gasteiger partial charge in [-0.05, 0) is 42.8 Å². The number of amides is 1. The molecule has 0 fully saturated rings. The molecule has 156 valence electrons. The lowest BCUT2D eigenvalue weighted by molar-refractivity contribution is -0.115. The van der Waals surface area contributed by atoms with Gasteiger partial charge >= 0.3 is 0 Å². The van der Waals surface area contributed by atoms with E-state index >= 15 is 0 Å². The zero-order valence-electron chi connectivity index (χ0n) is 17.3. The Balaban J connectivity index is 1.58. The molecule has 0 bridgehead atoms. The molecule has 4 aromatic rings. The predicted octanol–water partition coefficient (Wildman–Crippen LogP) is 5.21. The van der Waals surface area contributed by atoms with E-state index in [0.29, 0.717) is 0 Å². The van der Waals surface area contributed by atoms with Crippen LogP contribution >= 0.6 is 11.8 Å². The second-order valence-corrected chi connectivity index (χ2v) is 7.83. The largest absolute Gasteiger partial charge is 0.302 e. The van der Waals surface area contributed by atoms with Gasteiger partial charge in [-0.15, -0.1) is 10.2 Å². The molecule has 31 heavy (non-hydrogen) atoms. The second kappa shape index (κ2) is 10.0. The molecule has 1 amide bonds. The molecule has 0 aliphatic carbocycles. The lowest BCUT2D eigenvalue weighted by Crippen LogP contribution is -2.27. The molecule has 0 saturated carbocycles. The molecule has 2 aromatic carbocycles. The molecule has 0 aliphatic rings. The first kappa shape index (κ1) is 20.8. The van der Waals surface area contributed by atoms with Gasteiger partial charge in [0.2, 0.25) is 5.91 Å². The van der Waals surface area contributed by atoms with E-state index in [1.54, 1.807) is 17.3 Å². The summed E-state index contributed by atoms with van der Waals surface area (Å²) in [6.07, 6.45) is 4.45. The summed E-state index contributed by atoms with van der Waals surface area (Å²) in [5, 5.41) is 9.47. The Morgan fingerprint density at radius 1 is 0.935 bits per heavy atom. The summed E-state index contributed by atoms with van der Waals surface area (Å²) < 4.78 is 2.06. The summed E-state index contributed by atoms with van der Waals surface area (Å²) in [4.78, 5) is 19.2. The number of nitrogens with zero attached hydrogens (tertiary/aromatic N) is 5. The highest BCUT2D eigenvalue weighted by Gasteiger charge is 2.20. The number of anilines is 2. The van der Waals surface area contributed by atoms with Crippen LogP contribution in [0.2, 0.25) is 0 Å². The van der Waals surface area contributed by atoms with Crippen LogP contribution in [0.5, 0.6) is 0 Å². The van der Waals surface area contributed by atoms with E-state index in [1.807, 2.05) is 72.8 Å². The highest BCUT2D eigenvalue weighted by Crippen LogP contribution is 2.28. The number of para-hydroxylation sites is 2. The van der Waals surface area contributed by atoms with Crippen molar-refractivity contribution in [1.82, 2.24) is 19.7 Å². The van der Waals surface area contributed by atoms with Crippen LogP contribution < -0.4 is 4.90 Å². The third kappa shape index (κ3) is 4.83. The Morgan fingerprint density at radius 2 is 1.61 bits per heavy atom. The molecule has 2 aromatic heterocycles. The Hall–Kier alpha value is -3.45. The highest BCUT2D eigenvalue weighted by molar-refractivity contribution is 7.99. The summed E-state index contributed by atoms with van der Waals surface area (Å²) in [5.74, 6) is 1.00. The molecular formula is C24H23N5OS. The average Bonchev–Trinajstić information content (AvgIpc) is 3.23. The summed E-state index contributed by atoms with van der Waals surface area (Å²) in [7, 11) is 0. The molecule has 0 N–H and O–H groups in total. The number of thioether (sulfide) groups is 1. The Bertz CT molecular complexity index is 1080. The standard InChI is InChI=1S/C24H23N5OS/c1-2-16-28-23(19-10-9-15-25-17-19)26-27-24(28)31-18-22(30)29(20-11-5-3-6-12-20)21-13-7-4-8-14-21/h3-15,17H,2,16,18H2,1H3. The molecule has 0 atom stereocenters. The molecule has 0 spiro atoms. The number of hydrogen-bond donors (Lipinski definition) is 0. The van der Waals surface area contributed by atoms with Gasteiger partial charge in [0.05, 0.1) is 5.75 Å². The average molecular weight is 430 g/mol. The molecule has 0 saturated heterocycles. The number of carbonyl (C=O) groups is 1. The van der Waals surface area contributed by atoms with E-state index in [2.05, 4.69) is 26.7 Å². The Labute approximate surface area is 186 Å². The summed E-state index contributed by atoms with van der Waals surface area (Å²) >= 11 is 1.41. The number of carbonyl (C=O) groups excluding carboxylic acids is 1. The van der Waals surface area contributed by atoms with Crippen molar-refractivity contribution in [3.8, 4) is 11.4 Å². The molecule has 0 aliphatic heterocycles. The van der Waals surface area contributed by atoms with Gasteiger partial charge in [-0.25, -0.2) is 0 Å². The van der Waals surface area contributed by atoms with Crippen LogP contribution in [0.15, 0.2) is 90.3 Å². The third-order valence-corrected chi connectivity index (χ3v) is 5.64. The fourth-order valence-corrected chi connectivity index (χ4v) is 4.13. The Morgan fingerprint density at radius 3 is 2.19 bits per heavy atom. The minimum atomic E-state index is -0.0172. The lowest BCUT2D eigenvalue weighted by Gasteiger charge is -2.23. The van der Waals surface area contributed by atoms with Crippen LogP contribution in [0.1, 0.15) is 13.3 Å². The number of rotatable bonds is 8. The third-order valence-electron chi connectivity index (χ3n) is 4.69. The van der Waals surface area contributed by atoms with Crippen molar-refractivity contribution in [2.24, 2.45) is 0 Å².